The van der Waals surface area contributed by atoms with E-state index in [1.165, 1.54) is 12.1 Å². The summed E-state index contributed by atoms with van der Waals surface area (Å²) in [5.74, 6) is -3.05. The van der Waals surface area contributed by atoms with Crippen LogP contribution in [0, 0.1) is 0 Å². The maximum absolute atomic E-state index is 12.5. The van der Waals surface area contributed by atoms with Crippen molar-refractivity contribution < 1.29 is 28.2 Å². The first-order valence-corrected chi connectivity index (χ1v) is 8.10. The fraction of sp³-hybridized carbons (Fsp3) is 0.0667. The average molecular weight is 318 g/mol. The SMILES string of the molecule is CS(=O)(=O)c1cc2c(c(O)c1O)C(=O)c1ccccc1C2=O. The molecule has 0 unspecified atom stereocenters. The van der Waals surface area contributed by atoms with Gasteiger partial charge in [0.05, 0.1) is 5.56 Å². The molecule has 22 heavy (non-hydrogen) atoms. The minimum absolute atomic E-state index is 0.0989. The third kappa shape index (κ3) is 1.82. The van der Waals surface area contributed by atoms with Crippen LogP contribution in [0.3, 0.4) is 0 Å². The molecule has 2 N–H and O–H groups in total. The van der Waals surface area contributed by atoms with Gasteiger partial charge >= 0.3 is 0 Å². The van der Waals surface area contributed by atoms with E-state index in [2.05, 4.69) is 0 Å². The number of phenols is 2. The highest BCUT2D eigenvalue weighted by atomic mass is 32.2. The Morgan fingerprint density at radius 1 is 0.864 bits per heavy atom. The zero-order chi connectivity index (χ0) is 16.2. The molecule has 0 atom stereocenters. The second kappa shape index (κ2) is 4.41. The molecule has 2 aromatic rings. The van der Waals surface area contributed by atoms with Gasteiger partial charge in [-0.3, -0.25) is 9.59 Å². The van der Waals surface area contributed by atoms with Gasteiger partial charge in [0.15, 0.2) is 32.9 Å². The average Bonchev–Trinajstić information content (AvgIpc) is 2.46. The number of phenolic OH excluding ortho intramolecular Hbond substituents is 2. The van der Waals surface area contributed by atoms with Crippen molar-refractivity contribution in [2.24, 2.45) is 0 Å². The summed E-state index contributed by atoms with van der Waals surface area (Å²) in [4.78, 5) is 24.3. The number of carbonyl (C=O) groups excluding carboxylic acids is 2. The van der Waals surface area contributed by atoms with Crippen molar-refractivity contribution in [1.82, 2.24) is 0 Å². The smallest absolute Gasteiger partial charge is 0.198 e. The van der Waals surface area contributed by atoms with Crippen LogP contribution in [0.15, 0.2) is 35.2 Å². The maximum Gasteiger partial charge on any atom is 0.198 e. The summed E-state index contributed by atoms with van der Waals surface area (Å²) >= 11 is 0. The summed E-state index contributed by atoms with van der Waals surface area (Å²) in [6, 6.07) is 6.95. The summed E-state index contributed by atoms with van der Waals surface area (Å²) in [5, 5.41) is 19.9. The van der Waals surface area contributed by atoms with E-state index < -0.39 is 37.8 Å². The second-order valence-electron chi connectivity index (χ2n) is 4.97. The van der Waals surface area contributed by atoms with Crippen LogP contribution < -0.4 is 0 Å². The first-order chi connectivity index (χ1) is 10.2. The summed E-state index contributed by atoms with van der Waals surface area (Å²) < 4.78 is 23.3. The van der Waals surface area contributed by atoms with Crippen LogP contribution in [0.4, 0.5) is 0 Å². The van der Waals surface area contributed by atoms with E-state index in [9.17, 15) is 28.2 Å². The van der Waals surface area contributed by atoms with E-state index in [1.54, 1.807) is 12.1 Å². The van der Waals surface area contributed by atoms with Gasteiger partial charge in [-0.2, -0.15) is 0 Å². The molecule has 2 aromatic carbocycles. The molecule has 0 aliphatic heterocycles. The number of aromatic hydroxyl groups is 2. The van der Waals surface area contributed by atoms with Gasteiger partial charge in [0.25, 0.3) is 0 Å². The van der Waals surface area contributed by atoms with E-state index in [1.807, 2.05) is 0 Å². The molecule has 112 valence electrons. The Morgan fingerprint density at radius 3 is 1.95 bits per heavy atom. The van der Waals surface area contributed by atoms with Crippen molar-refractivity contribution in [3.05, 3.63) is 52.6 Å². The quantitative estimate of drug-likeness (QED) is 0.654. The number of hydrogen-bond donors (Lipinski definition) is 2. The van der Waals surface area contributed by atoms with Crippen molar-refractivity contribution in [2.45, 2.75) is 4.90 Å². The molecule has 0 heterocycles. The third-order valence-corrected chi connectivity index (χ3v) is 4.64. The zero-order valence-electron chi connectivity index (χ0n) is 11.3. The van der Waals surface area contributed by atoms with Gasteiger partial charge in [-0.05, 0) is 6.07 Å². The van der Waals surface area contributed by atoms with Crippen molar-refractivity contribution in [3.8, 4) is 11.5 Å². The molecule has 0 saturated carbocycles. The van der Waals surface area contributed by atoms with Crippen LogP contribution in [-0.2, 0) is 9.84 Å². The van der Waals surface area contributed by atoms with E-state index in [4.69, 9.17) is 0 Å². The van der Waals surface area contributed by atoms with Gasteiger partial charge in [-0.1, -0.05) is 24.3 Å². The minimum atomic E-state index is -3.88. The van der Waals surface area contributed by atoms with E-state index in [0.29, 0.717) is 0 Å². The Balaban J connectivity index is 2.42. The van der Waals surface area contributed by atoms with Gasteiger partial charge in [0.2, 0.25) is 0 Å². The Morgan fingerprint density at radius 2 is 1.41 bits per heavy atom. The lowest BCUT2D eigenvalue weighted by Gasteiger charge is -2.19. The van der Waals surface area contributed by atoms with Crippen LogP contribution in [0.5, 0.6) is 11.5 Å². The van der Waals surface area contributed by atoms with E-state index in [-0.39, 0.29) is 22.3 Å². The molecule has 6 nitrogen and oxygen atoms in total. The van der Waals surface area contributed by atoms with Crippen LogP contribution >= 0.6 is 0 Å². The summed E-state index contributed by atoms with van der Waals surface area (Å²) in [7, 11) is -3.88. The molecule has 0 bridgehead atoms. The second-order valence-corrected chi connectivity index (χ2v) is 6.95. The van der Waals surface area contributed by atoms with Crippen molar-refractivity contribution in [2.75, 3.05) is 6.26 Å². The standard InChI is InChI=1S/C15H10O6S/c1-22(20,21)10-6-9-11(15(19)14(10)18)13(17)8-5-3-2-4-7(8)12(9)16/h2-6,18-19H,1H3. The topological polar surface area (TPSA) is 109 Å². The molecule has 0 spiro atoms. The highest BCUT2D eigenvalue weighted by molar-refractivity contribution is 7.90. The number of hydrogen-bond acceptors (Lipinski definition) is 6. The number of sulfone groups is 1. The number of rotatable bonds is 1. The Kier molecular flexibility index (Phi) is 2.86. The number of ketones is 2. The highest BCUT2D eigenvalue weighted by Gasteiger charge is 2.35. The molecule has 1 aliphatic carbocycles. The highest BCUT2D eigenvalue weighted by Crippen LogP contribution is 2.42. The molecular formula is C15H10O6S. The van der Waals surface area contributed by atoms with E-state index >= 15 is 0 Å². The Bertz CT molecular complexity index is 956. The molecule has 0 amide bonds. The van der Waals surface area contributed by atoms with Gasteiger partial charge in [0.1, 0.15) is 4.90 Å². The van der Waals surface area contributed by atoms with Crippen molar-refractivity contribution in [3.63, 3.8) is 0 Å². The lowest BCUT2D eigenvalue weighted by atomic mass is 9.83. The number of benzene rings is 2. The molecule has 3 rings (SSSR count). The minimum Gasteiger partial charge on any atom is -0.504 e. The lowest BCUT2D eigenvalue weighted by molar-refractivity contribution is 0.0975. The molecule has 0 fully saturated rings. The zero-order valence-corrected chi connectivity index (χ0v) is 12.1. The maximum atomic E-state index is 12.5. The first-order valence-electron chi connectivity index (χ1n) is 6.21. The van der Waals surface area contributed by atoms with Gasteiger partial charge in [-0.25, -0.2) is 8.42 Å². The third-order valence-electron chi connectivity index (χ3n) is 3.53. The predicted molar refractivity (Wildman–Crippen MR) is 76.2 cm³/mol. The normalized spacial score (nSPS) is 13.7. The molecule has 0 saturated heterocycles. The van der Waals surface area contributed by atoms with Crippen molar-refractivity contribution in [1.29, 1.82) is 0 Å². The van der Waals surface area contributed by atoms with Crippen LogP contribution in [0.25, 0.3) is 0 Å². The Hall–Kier alpha value is -2.67. The van der Waals surface area contributed by atoms with Crippen LogP contribution in [-0.4, -0.2) is 36.5 Å². The fourth-order valence-electron chi connectivity index (χ4n) is 2.48. The summed E-state index contributed by atoms with van der Waals surface area (Å²) in [6.07, 6.45) is 0.830. The monoisotopic (exact) mass is 318 g/mol. The lowest BCUT2D eigenvalue weighted by Crippen LogP contribution is -2.21. The summed E-state index contributed by atoms with van der Waals surface area (Å²) in [5.41, 5.74) is -0.389. The molecule has 0 radical (unpaired) electrons. The van der Waals surface area contributed by atoms with Gasteiger partial charge in [-0.15, -0.1) is 0 Å². The predicted octanol–water partition coefficient (Wildman–Crippen LogP) is 1.28. The fourth-order valence-corrected chi connectivity index (χ4v) is 3.26. The van der Waals surface area contributed by atoms with Gasteiger partial charge in [0, 0.05) is 22.9 Å². The van der Waals surface area contributed by atoms with E-state index in [0.717, 1.165) is 12.3 Å². The van der Waals surface area contributed by atoms with Gasteiger partial charge < -0.3 is 10.2 Å². The van der Waals surface area contributed by atoms with Crippen molar-refractivity contribution >= 4 is 21.4 Å². The number of fused-ring (bicyclic) bond motifs is 2. The molecular weight excluding hydrogens is 308 g/mol. The molecule has 0 aromatic heterocycles. The first kappa shape index (κ1) is 14.3. The van der Waals surface area contributed by atoms with Crippen LogP contribution in [0.1, 0.15) is 31.8 Å². The number of carbonyl (C=O) groups is 2. The largest absolute Gasteiger partial charge is 0.504 e. The summed E-state index contributed by atoms with van der Waals surface area (Å²) in [6.45, 7) is 0. The molecule has 7 heteroatoms. The Labute approximate surface area is 125 Å². The van der Waals surface area contributed by atoms with Crippen LogP contribution in [0.2, 0.25) is 0 Å². The molecule has 1 aliphatic rings.